The molecule has 0 aliphatic carbocycles. The standard InChI is InChI=1S/C14H19N5O2/c1-8-6-12(18-17-8)14(20)16-11-4-5-21-13(11)10-7-15-19(3)9(10)2/h6-7,11,13H,4-5H2,1-3H3,(H,16,20)(H,17,18)/t11-,13+/m0/s1. The topological polar surface area (TPSA) is 84.8 Å². The lowest BCUT2D eigenvalue weighted by Crippen LogP contribution is -2.37. The molecule has 7 heteroatoms. The highest BCUT2D eigenvalue weighted by Gasteiger charge is 2.33. The Balaban J connectivity index is 1.75. The third-order valence-electron chi connectivity index (χ3n) is 3.93. The molecule has 112 valence electrons. The monoisotopic (exact) mass is 289 g/mol. The van der Waals surface area contributed by atoms with Gasteiger partial charge in [-0.05, 0) is 26.3 Å². The molecule has 0 unspecified atom stereocenters. The highest BCUT2D eigenvalue weighted by atomic mass is 16.5. The van der Waals surface area contributed by atoms with Gasteiger partial charge < -0.3 is 10.1 Å². The van der Waals surface area contributed by atoms with Crippen LogP contribution in [0.1, 0.15) is 40.0 Å². The number of carbonyl (C=O) groups is 1. The number of aryl methyl sites for hydroxylation is 2. The molecule has 0 aromatic carbocycles. The Morgan fingerprint density at radius 3 is 2.95 bits per heavy atom. The fraction of sp³-hybridized carbons (Fsp3) is 0.500. The maximum Gasteiger partial charge on any atom is 0.272 e. The summed E-state index contributed by atoms with van der Waals surface area (Å²) in [5.74, 6) is -0.179. The van der Waals surface area contributed by atoms with Crippen molar-refractivity contribution >= 4 is 5.91 Å². The predicted octanol–water partition coefficient (Wildman–Crippen LogP) is 1.02. The minimum absolute atomic E-state index is 0.0580. The first-order valence-electron chi connectivity index (χ1n) is 6.99. The number of ether oxygens (including phenoxy) is 1. The summed E-state index contributed by atoms with van der Waals surface area (Å²) in [6.45, 7) is 4.49. The largest absolute Gasteiger partial charge is 0.371 e. The SMILES string of the molecule is Cc1cc(C(=O)N[C@H]2CCO[C@@H]2c2cnn(C)c2C)n[nH]1. The van der Waals surface area contributed by atoms with Gasteiger partial charge in [0.05, 0.1) is 12.2 Å². The summed E-state index contributed by atoms with van der Waals surface area (Å²) in [6.07, 6.45) is 2.44. The van der Waals surface area contributed by atoms with E-state index in [-0.39, 0.29) is 18.1 Å². The first kappa shape index (κ1) is 13.8. The van der Waals surface area contributed by atoms with Crippen molar-refractivity contribution in [3.63, 3.8) is 0 Å². The lowest BCUT2D eigenvalue weighted by Gasteiger charge is -2.19. The maximum atomic E-state index is 12.2. The van der Waals surface area contributed by atoms with E-state index in [1.807, 2.05) is 31.8 Å². The number of H-pyrrole nitrogens is 1. The fourth-order valence-corrected chi connectivity index (χ4v) is 2.62. The zero-order chi connectivity index (χ0) is 15.0. The minimum atomic E-state index is -0.179. The molecule has 1 aliphatic heterocycles. The van der Waals surface area contributed by atoms with E-state index in [2.05, 4.69) is 20.6 Å². The van der Waals surface area contributed by atoms with E-state index in [0.29, 0.717) is 12.3 Å². The summed E-state index contributed by atoms with van der Waals surface area (Å²) in [5, 5.41) is 14.0. The Morgan fingerprint density at radius 2 is 2.33 bits per heavy atom. The molecule has 3 rings (SSSR count). The number of nitrogens with zero attached hydrogens (tertiary/aromatic N) is 3. The van der Waals surface area contributed by atoms with Gasteiger partial charge in [0.15, 0.2) is 0 Å². The molecule has 1 aliphatic rings. The first-order valence-corrected chi connectivity index (χ1v) is 6.99. The fourth-order valence-electron chi connectivity index (χ4n) is 2.62. The number of hydrogen-bond donors (Lipinski definition) is 2. The number of rotatable bonds is 3. The summed E-state index contributed by atoms with van der Waals surface area (Å²) < 4.78 is 7.60. The van der Waals surface area contributed by atoms with Gasteiger partial charge in [0, 0.05) is 30.6 Å². The number of hydrogen-bond acceptors (Lipinski definition) is 4. The number of amides is 1. The Bertz CT molecular complexity index is 660. The molecule has 1 saturated heterocycles. The van der Waals surface area contributed by atoms with Crippen molar-refractivity contribution in [2.75, 3.05) is 6.61 Å². The molecule has 0 saturated carbocycles. The third kappa shape index (κ3) is 2.56. The van der Waals surface area contributed by atoms with E-state index >= 15 is 0 Å². The average molecular weight is 289 g/mol. The second-order valence-corrected chi connectivity index (χ2v) is 5.41. The maximum absolute atomic E-state index is 12.2. The summed E-state index contributed by atoms with van der Waals surface area (Å²) in [4.78, 5) is 12.2. The van der Waals surface area contributed by atoms with Gasteiger partial charge in [-0.2, -0.15) is 10.2 Å². The number of carbonyl (C=O) groups excluding carboxylic acids is 1. The van der Waals surface area contributed by atoms with Crippen LogP contribution in [-0.4, -0.2) is 38.5 Å². The first-order chi connectivity index (χ1) is 10.1. The molecule has 1 fully saturated rings. The average Bonchev–Trinajstić information content (AvgIpc) is 3.14. The Kier molecular flexibility index (Phi) is 3.50. The van der Waals surface area contributed by atoms with Crippen molar-refractivity contribution in [1.82, 2.24) is 25.3 Å². The molecule has 2 aromatic rings. The molecular formula is C14H19N5O2. The van der Waals surface area contributed by atoms with Crippen LogP contribution in [0, 0.1) is 13.8 Å². The van der Waals surface area contributed by atoms with E-state index < -0.39 is 0 Å². The van der Waals surface area contributed by atoms with Crippen LogP contribution >= 0.6 is 0 Å². The lowest BCUT2D eigenvalue weighted by molar-refractivity contribution is 0.0815. The Hall–Kier alpha value is -2.15. The molecule has 3 heterocycles. The van der Waals surface area contributed by atoms with Gasteiger partial charge in [0.25, 0.3) is 5.91 Å². The smallest absolute Gasteiger partial charge is 0.272 e. The number of aromatic nitrogens is 4. The van der Waals surface area contributed by atoms with Crippen molar-refractivity contribution in [3.8, 4) is 0 Å². The minimum Gasteiger partial charge on any atom is -0.371 e. The van der Waals surface area contributed by atoms with E-state index in [1.54, 1.807) is 6.07 Å². The highest BCUT2D eigenvalue weighted by molar-refractivity contribution is 5.92. The second-order valence-electron chi connectivity index (χ2n) is 5.41. The van der Waals surface area contributed by atoms with Gasteiger partial charge in [0.2, 0.25) is 0 Å². The second kappa shape index (κ2) is 5.33. The molecule has 7 nitrogen and oxygen atoms in total. The summed E-state index contributed by atoms with van der Waals surface area (Å²) >= 11 is 0. The third-order valence-corrected chi connectivity index (χ3v) is 3.93. The van der Waals surface area contributed by atoms with Crippen LogP contribution in [0.15, 0.2) is 12.3 Å². The normalized spacial score (nSPS) is 21.7. The van der Waals surface area contributed by atoms with E-state index in [0.717, 1.165) is 23.4 Å². The van der Waals surface area contributed by atoms with Gasteiger partial charge in [0.1, 0.15) is 11.8 Å². The molecule has 2 atom stereocenters. The van der Waals surface area contributed by atoms with Crippen LogP contribution in [-0.2, 0) is 11.8 Å². The molecule has 0 radical (unpaired) electrons. The van der Waals surface area contributed by atoms with Crippen molar-refractivity contribution < 1.29 is 9.53 Å². The van der Waals surface area contributed by atoms with E-state index in [1.165, 1.54) is 0 Å². The molecule has 1 amide bonds. The number of nitrogens with one attached hydrogen (secondary N) is 2. The van der Waals surface area contributed by atoms with Gasteiger partial charge in [-0.15, -0.1) is 0 Å². The summed E-state index contributed by atoms with van der Waals surface area (Å²) in [6, 6.07) is 1.67. The predicted molar refractivity (Wildman–Crippen MR) is 75.8 cm³/mol. The highest BCUT2D eigenvalue weighted by Crippen LogP contribution is 2.31. The Morgan fingerprint density at radius 1 is 1.52 bits per heavy atom. The van der Waals surface area contributed by atoms with Gasteiger partial charge in [-0.25, -0.2) is 0 Å². The number of aromatic amines is 1. The van der Waals surface area contributed by atoms with Gasteiger partial charge >= 0.3 is 0 Å². The van der Waals surface area contributed by atoms with Crippen LogP contribution < -0.4 is 5.32 Å². The quantitative estimate of drug-likeness (QED) is 0.883. The lowest BCUT2D eigenvalue weighted by atomic mass is 10.0. The van der Waals surface area contributed by atoms with E-state index in [4.69, 9.17) is 4.74 Å². The van der Waals surface area contributed by atoms with Crippen molar-refractivity contribution in [3.05, 3.63) is 34.9 Å². The zero-order valence-electron chi connectivity index (χ0n) is 12.4. The molecular weight excluding hydrogens is 270 g/mol. The van der Waals surface area contributed by atoms with Crippen LogP contribution in [0.5, 0.6) is 0 Å². The van der Waals surface area contributed by atoms with Crippen molar-refractivity contribution in [2.45, 2.75) is 32.4 Å². The van der Waals surface area contributed by atoms with Crippen molar-refractivity contribution in [1.29, 1.82) is 0 Å². The molecule has 21 heavy (non-hydrogen) atoms. The van der Waals surface area contributed by atoms with Gasteiger partial charge in [-0.3, -0.25) is 14.6 Å². The van der Waals surface area contributed by atoms with Crippen LogP contribution in [0.4, 0.5) is 0 Å². The zero-order valence-corrected chi connectivity index (χ0v) is 12.4. The van der Waals surface area contributed by atoms with Crippen LogP contribution in [0.2, 0.25) is 0 Å². The van der Waals surface area contributed by atoms with E-state index in [9.17, 15) is 4.79 Å². The summed E-state index contributed by atoms with van der Waals surface area (Å²) in [7, 11) is 1.90. The van der Waals surface area contributed by atoms with Crippen molar-refractivity contribution in [2.24, 2.45) is 7.05 Å². The van der Waals surface area contributed by atoms with Crippen LogP contribution in [0.25, 0.3) is 0 Å². The molecule has 0 bridgehead atoms. The molecule has 2 N–H and O–H groups in total. The molecule has 0 spiro atoms. The molecule has 2 aromatic heterocycles. The Labute approximate surface area is 122 Å². The summed E-state index contributed by atoms with van der Waals surface area (Å²) in [5.41, 5.74) is 3.35. The van der Waals surface area contributed by atoms with Gasteiger partial charge in [-0.1, -0.05) is 0 Å². The van der Waals surface area contributed by atoms with Crippen LogP contribution in [0.3, 0.4) is 0 Å².